The molecule has 4 aromatic rings. The van der Waals surface area contributed by atoms with E-state index in [1.165, 1.54) is 17.3 Å². The van der Waals surface area contributed by atoms with Crippen LogP contribution in [0.3, 0.4) is 0 Å². The van der Waals surface area contributed by atoms with Crippen LogP contribution in [-0.2, 0) is 13.5 Å². The number of carbonyl (C=O) groups is 1. The zero-order valence-corrected chi connectivity index (χ0v) is 19.6. The first-order valence-electron chi connectivity index (χ1n) is 11.7. The van der Waals surface area contributed by atoms with Gasteiger partial charge >= 0.3 is 0 Å². The Hall–Kier alpha value is -4.02. The Morgan fingerprint density at radius 2 is 1.89 bits per heavy atom. The molecule has 0 radical (unpaired) electrons. The Morgan fingerprint density at radius 1 is 1.11 bits per heavy atom. The van der Waals surface area contributed by atoms with Gasteiger partial charge in [-0.1, -0.05) is 0 Å². The fourth-order valence-corrected chi connectivity index (χ4v) is 5.55. The van der Waals surface area contributed by atoms with Crippen molar-refractivity contribution in [3.05, 3.63) is 77.0 Å². The Bertz CT molecular complexity index is 1470. The van der Waals surface area contributed by atoms with Gasteiger partial charge in [-0.2, -0.15) is 10.2 Å². The number of fused-ring (bicyclic) bond motifs is 4. The molecular weight excluding hydrogens is 471 g/mol. The smallest absolute Gasteiger partial charge is 0.275 e. The number of amides is 1. The van der Waals surface area contributed by atoms with Crippen LogP contribution >= 0.6 is 0 Å². The molecule has 1 saturated heterocycles. The summed E-state index contributed by atoms with van der Waals surface area (Å²) in [5.74, 6) is -4.23. The van der Waals surface area contributed by atoms with Crippen molar-refractivity contribution in [2.45, 2.75) is 44.7 Å². The van der Waals surface area contributed by atoms with Gasteiger partial charge in [0.05, 0.1) is 23.1 Å². The van der Waals surface area contributed by atoms with E-state index in [1.54, 1.807) is 17.8 Å². The van der Waals surface area contributed by atoms with Crippen LogP contribution < -0.4 is 0 Å². The highest BCUT2D eigenvalue weighted by Gasteiger charge is 2.44. The summed E-state index contributed by atoms with van der Waals surface area (Å²) in [6, 6.07) is 5.13. The molecule has 2 aliphatic heterocycles. The molecule has 1 aromatic carbocycles. The van der Waals surface area contributed by atoms with Crippen molar-refractivity contribution in [1.82, 2.24) is 34.4 Å². The van der Waals surface area contributed by atoms with Crippen LogP contribution in [0.5, 0.6) is 0 Å². The summed E-state index contributed by atoms with van der Waals surface area (Å²) in [5.41, 5.74) is 3.78. The van der Waals surface area contributed by atoms with Crippen molar-refractivity contribution in [1.29, 1.82) is 0 Å². The molecule has 1 fully saturated rings. The maximum absolute atomic E-state index is 14.1. The highest BCUT2D eigenvalue weighted by Crippen LogP contribution is 2.45. The Morgan fingerprint density at radius 3 is 2.61 bits per heavy atom. The highest BCUT2D eigenvalue weighted by molar-refractivity contribution is 5.96. The third kappa shape index (κ3) is 3.41. The van der Waals surface area contributed by atoms with E-state index in [0.717, 1.165) is 30.5 Å². The van der Waals surface area contributed by atoms with Crippen molar-refractivity contribution in [2.24, 2.45) is 7.05 Å². The molecule has 2 atom stereocenters. The van der Waals surface area contributed by atoms with Gasteiger partial charge in [0.2, 0.25) is 0 Å². The molecule has 0 unspecified atom stereocenters. The molecule has 36 heavy (non-hydrogen) atoms. The van der Waals surface area contributed by atoms with Crippen molar-refractivity contribution < 1.29 is 18.0 Å². The SMILES string of the molecule is Cc1ccc(-n2cncn2)c(C(=O)N2[C@@H]3CCC[C@H]2c2nn(C)c(-c4cc(F)c(F)c(F)c4)c2C3)n1. The second-order valence-corrected chi connectivity index (χ2v) is 9.27. The molecule has 6 rings (SSSR count). The summed E-state index contributed by atoms with van der Waals surface area (Å²) >= 11 is 0. The van der Waals surface area contributed by atoms with E-state index in [1.807, 2.05) is 17.9 Å². The van der Waals surface area contributed by atoms with Crippen LogP contribution in [0.2, 0.25) is 0 Å². The van der Waals surface area contributed by atoms with Crippen LogP contribution in [-0.4, -0.2) is 46.4 Å². The summed E-state index contributed by atoms with van der Waals surface area (Å²) in [5, 5.41) is 8.85. The molecule has 2 aliphatic rings. The lowest BCUT2D eigenvalue weighted by molar-refractivity contribution is 0.0385. The van der Waals surface area contributed by atoms with Gasteiger partial charge < -0.3 is 4.90 Å². The minimum Gasteiger partial charge on any atom is -0.325 e. The number of nitrogens with zero attached hydrogens (tertiary/aromatic N) is 7. The summed E-state index contributed by atoms with van der Waals surface area (Å²) in [7, 11) is 1.69. The van der Waals surface area contributed by atoms with Gasteiger partial charge in [-0.05, 0) is 56.9 Å². The Kier molecular flexibility index (Phi) is 5.16. The molecule has 1 amide bonds. The first-order valence-corrected chi connectivity index (χ1v) is 11.7. The number of pyridine rings is 1. The average Bonchev–Trinajstić information content (AvgIpc) is 3.49. The molecule has 0 spiro atoms. The maximum Gasteiger partial charge on any atom is 0.275 e. The highest BCUT2D eigenvalue weighted by atomic mass is 19.2. The fourth-order valence-electron chi connectivity index (χ4n) is 5.55. The van der Waals surface area contributed by atoms with Crippen molar-refractivity contribution in [3.8, 4) is 16.9 Å². The molecule has 2 bridgehead atoms. The lowest BCUT2D eigenvalue weighted by atomic mass is 9.81. The first-order chi connectivity index (χ1) is 17.3. The van der Waals surface area contributed by atoms with E-state index in [4.69, 9.17) is 0 Å². The molecule has 0 aliphatic carbocycles. The molecule has 3 aromatic heterocycles. The minimum atomic E-state index is -1.50. The minimum absolute atomic E-state index is 0.146. The van der Waals surface area contributed by atoms with E-state index in [2.05, 4.69) is 20.2 Å². The molecule has 11 heteroatoms. The average molecular weight is 493 g/mol. The summed E-state index contributed by atoms with van der Waals surface area (Å²) in [6.45, 7) is 1.82. The van der Waals surface area contributed by atoms with E-state index in [9.17, 15) is 18.0 Å². The zero-order valence-electron chi connectivity index (χ0n) is 19.6. The number of hydrogen-bond donors (Lipinski definition) is 0. The van der Waals surface area contributed by atoms with Crippen LogP contribution in [0.1, 0.15) is 52.7 Å². The van der Waals surface area contributed by atoms with Crippen molar-refractivity contribution in [3.63, 3.8) is 0 Å². The number of halogens is 3. The van der Waals surface area contributed by atoms with Crippen LogP contribution in [0, 0.1) is 24.4 Å². The quantitative estimate of drug-likeness (QED) is 0.402. The number of hydrogen-bond acceptors (Lipinski definition) is 5. The maximum atomic E-state index is 14.1. The zero-order chi connectivity index (χ0) is 25.1. The number of carbonyl (C=O) groups excluding carboxylic acids is 1. The second kappa shape index (κ2) is 8.28. The summed E-state index contributed by atoms with van der Waals surface area (Å²) in [6.07, 6.45) is 5.76. The number of piperidine rings is 1. The van der Waals surface area contributed by atoms with Crippen LogP contribution in [0.15, 0.2) is 36.9 Å². The van der Waals surface area contributed by atoms with E-state index >= 15 is 0 Å². The fraction of sp³-hybridized carbons (Fsp3) is 0.320. The van der Waals surface area contributed by atoms with Gasteiger partial charge in [0.15, 0.2) is 23.1 Å². The van der Waals surface area contributed by atoms with E-state index in [-0.39, 0.29) is 29.2 Å². The lowest BCUT2D eigenvalue weighted by Crippen LogP contribution is -2.50. The molecule has 0 saturated carbocycles. The number of benzene rings is 1. The topological polar surface area (TPSA) is 81.7 Å². The summed E-state index contributed by atoms with van der Waals surface area (Å²) in [4.78, 5) is 24.4. The molecule has 5 heterocycles. The predicted octanol–water partition coefficient (Wildman–Crippen LogP) is 4.08. The van der Waals surface area contributed by atoms with Crippen molar-refractivity contribution in [2.75, 3.05) is 0 Å². The molecule has 0 N–H and O–H groups in total. The van der Waals surface area contributed by atoms with Gasteiger partial charge in [0, 0.05) is 29.9 Å². The van der Waals surface area contributed by atoms with Crippen LogP contribution in [0.4, 0.5) is 13.2 Å². The summed E-state index contributed by atoms with van der Waals surface area (Å²) < 4.78 is 44.8. The van der Waals surface area contributed by atoms with Crippen LogP contribution in [0.25, 0.3) is 16.9 Å². The largest absolute Gasteiger partial charge is 0.325 e. The van der Waals surface area contributed by atoms with E-state index < -0.39 is 17.5 Å². The van der Waals surface area contributed by atoms with Gasteiger partial charge in [-0.3, -0.25) is 9.48 Å². The van der Waals surface area contributed by atoms with Gasteiger partial charge in [-0.15, -0.1) is 0 Å². The van der Waals surface area contributed by atoms with Gasteiger partial charge in [0.1, 0.15) is 12.7 Å². The predicted molar refractivity (Wildman–Crippen MR) is 123 cm³/mol. The standard InChI is InChI=1S/C25H22F3N7O/c1-13-6-7-19(34-12-29-11-30-34)23(31-13)25(36)35-15-4-3-5-20(35)22-16(10-15)24(33(2)32-22)14-8-17(26)21(28)18(27)9-14/h6-9,11-12,15,20H,3-5,10H2,1-2H3/t15-,20+/m1/s1. The van der Waals surface area contributed by atoms with Gasteiger partial charge in [0.25, 0.3) is 5.91 Å². The monoisotopic (exact) mass is 493 g/mol. The number of rotatable bonds is 3. The Labute approximate surface area is 204 Å². The molecular formula is C25H22F3N7O. The molecule has 8 nitrogen and oxygen atoms in total. The number of aryl methyl sites for hydroxylation is 2. The number of aromatic nitrogens is 6. The van der Waals surface area contributed by atoms with Crippen molar-refractivity contribution >= 4 is 5.91 Å². The normalized spacial score (nSPS) is 18.9. The van der Waals surface area contributed by atoms with Gasteiger partial charge in [-0.25, -0.2) is 27.8 Å². The third-order valence-electron chi connectivity index (χ3n) is 7.05. The Balaban J connectivity index is 1.45. The molecule has 184 valence electrons. The van der Waals surface area contributed by atoms with E-state index in [0.29, 0.717) is 35.6 Å². The first kappa shape index (κ1) is 22.4. The second-order valence-electron chi connectivity index (χ2n) is 9.27. The third-order valence-corrected chi connectivity index (χ3v) is 7.05. The lowest BCUT2D eigenvalue weighted by Gasteiger charge is -2.45.